The Labute approximate surface area is 193 Å². The van der Waals surface area contributed by atoms with Crippen LogP contribution in [0.2, 0.25) is 0 Å². The Bertz CT molecular complexity index is 1190. The van der Waals surface area contributed by atoms with Gasteiger partial charge in [0.05, 0.1) is 17.1 Å². The second-order valence-corrected chi connectivity index (χ2v) is 7.59. The Kier molecular flexibility index (Phi) is 7.28. The van der Waals surface area contributed by atoms with E-state index in [2.05, 4.69) is 10.4 Å². The number of para-hydroxylation sites is 2. The maximum Gasteiger partial charge on any atom is 0.326 e. The molecule has 1 N–H and O–H groups in total. The largest absolute Gasteiger partial charge is 0.337 e. The first-order valence-corrected chi connectivity index (χ1v) is 11.0. The fourth-order valence-electron chi connectivity index (χ4n) is 3.57. The minimum absolute atomic E-state index is 0.127. The standard InChI is InChI=1S/C27H26N4O2/c32-26-19-18-25(22-12-4-1-5-13-22)29-30(26)21-11-10-20-28-27(33)31(23-14-6-2-7-15-23)24-16-8-3-9-17-24/h1-9,12-19H,10-11,20-21H2,(H,28,33). The van der Waals surface area contributed by atoms with Gasteiger partial charge in [-0.3, -0.25) is 9.69 Å². The van der Waals surface area contributed by atoms with Gasteiger partial charge < -0.3 is 5.32 Å². The smallest absolute Gasteiger partial charge is 0.326 e. The summed E-state index contributed by atoms with van der Waals surface area (Å²) in [6, 6.07) is 32.0. The molecule has 33 heavy (non-hydrogen) atoms. The minimum Gasteiger partial charge on any atom is -0.337 e. The highest BCUT2D eigenvalue weighted by molar-refractivity contribution is 5.99. The molecule has 0 spiro atoms. The van der Waals surface area contributed by atoms with Gasteiger partial charge in [0.1, 0.15) is 0 Å². The lowest BCUT2D eigenvalue weighted by Gasteiger charge is -2.23. The van der Waals surface area contributed by atoms with Crippen molar-refractivity contribution in [1.82, 2.24) is 15.1 Å². The zero-order valence-corrected chi connectivity index (χ0v) is 18.3. The maximum absolute atomic E-state index is 13.0. The van der Waals surface area contributed by atoms with E-state index in [1.807, 2.05) is 91.0 Å². The number of amides is 2. The Morgan fingerprint density at radius 1 is 0.758 bits per heavy atom. The number of nitrogens with zero attached hydrogens (tertiary/aromatic N) is 3. The van der Waals surface area contributed by atoms with Crippen molar-refractivity contribution in [3.05, 3.63) is 113 Å². The number of hydrogen-bond acceptors (Lipinski definition) is 3. The van der Waals surface area contributed by atoms with E-state index in [0.717, 1.165) is 35.5 Å². The van der Waals surface area contributed by atoms with Crippen molar-refractivity contribution < 1.29 is 4.79 Å². The molecular formula is C27H26N4O2. The predicted molar refractivity (Wildman–Crippen MR) is 132 cm³/mol. The van der Waals surface area contributed by atoms with Crippen LogP contribution in [0.15, 0.2) is 108 Å². The number of urea groups is 1. The van der Waals surface area contributed by atoms with Crippen LogP contribution in [0.4, 0.5) is 16.2 Å². The molecule has 0 aliphatic carbocycles. The molecule has 3 aromatic carbocycles. The molecule has 2 amide bonds. The van der Waals surface area contributed by atoms with Crippen LogP contribution in [0.5, 0.6) is 0 Å². The molecule has 0 atom stereocenters. The van der Waals surface area contributed by atoms with Crippen molar-refractivity contribution >= 4 is 17.4 Å². The molecule has 4 aromatic rings. The minimum atomic E-state index is -0.186. The molecule has 0 bridgehead atoms. The third-order valence-corrected chi connectivity index (χ3v) is 5.24. The number of aromatic nitrogens is 2. The number of nitrogens with one attached hydrogen (secondary N) is 1. The number of unbranched alkanes of at least 4 members (excludes halogenated alkanes) is 1. The first-order valence-electron chi connectivity index (χ1n) is 11.0. The van der Waals surface area contributed by atoms with E-state index in [9.17, 15) is 9.59 Å². The predicted octanol–water partition coefficient (Wildman–Crippen LogP) is 5.24. The van der Waals surface area contributed by atoms with Gasteiger partial charge in [0, 0.05) is 24.7 Å². The van der Waals surface area contributed by atoms with Crippen LogP contribution in [0.3, 0.4) is 0 Å². The first kappa shape index (κ1) is 22.0. The van der Waals surface area contributed by atoms with E-state index in [0.29, 0.717) is 13.1 Å². The highest BCUT2D eigenvalue weighted by atomic mass is 16.2. The molecule has 4 rings (SSSR count). The average molecular weight is 439 g/mol. The number of rotatable bonds is 8. The van der Waals surface area contributed by atoms with Crippen LogP contribution in [-0.4, -0.2) is 22.4 Å². The van der Waals surface area contributed by atoms with Crippen molar-refractivity contribution in [2.45, 2.75) is 19.4 Å². The molecule has 0 aliphatic heterocycles. The van der Waals surface area contributed by atoms with Gasteiger partial charge in [0.25, 0.3) is 5.56 Å². The van der Waals surface area contributed by atoms with Crippen molar-refractivity contribution in [3.63, 3.8) is 0 Å². The summed E-state index contributed by atoms with van der Waals surface area (Å²) in [4.78, 5) is 26.8. The fraction of sp³-hybridized carbons (Fsp3) is 0.148. The summed E-state index contributed by atoms with van der Waals surface area (Å²) in [6.07, 6.45) is 1.45. The van der Waals surface area contributed by atoms with E-state index in [1.165, 1.54) is 4.68 Å². The van der Waals surface area contributed by atoms with E-state index >= 15 is 0 Å². The number of carbonyl (C=O) groups is 1. The SMILES string of the molecule is O=C(NCCCCn1nc(-c2ccccc2)ccc1=O)N(c1ccccc1)c1ccccc1. The molecule has 0 fully saturated rings. The van der Waals surface area contributed by atoms with E-state index in [-0.39, 0.29) is 11.6 Å². The summed E-state index contributed by atoms with van der Waals surface area (Å²) < 4.78 is 1.49. The molecular weight excluding hydrogens is 412 g/mol. The summed E-state index contributed by atoms with van der Waals surface area (Å²) >= 11 is 0. The summed E-state index contributed by atoms with van der Waals surface area (Å²) in [6.45, 7) is 0.999. The number of anilines is 2. The van der Waals surface area contributed by atoms with Gasteiger partial charge >= 0.3 is 6.03 Å². The highest BCUT2D eigenvalue weighted by Gasteiger charge is 2.17. The Morgan fingerprint density at radius 3 is 1.94 bits per heavy atom. The van der Waals surface area contributed by atoms with Gasteiger partial charge in [-0.2, -0.15) is 5.10 Å². The quantitative estimate of drug-likeness (QED) is 0.383. The monoisotopic (exact) mass is 438 g/mol. The van der Waals surface area contributed by atoms with E-state index < -0.39 is 0 Å². The van der Waals surface area contributed by atoms with Crippen molar-refractivity contribution in [1.29, 1.82) is 0 Å². The van der Waals surface area contributed by atoms with Crippen molar-refractivity contribution in [2.75, 3.05) is 11.4 Å². The topological polar surface area (TPSA) is 67.2 Å². The summed E-state index contributed by atoms with van der Waals surface area (Å²) in [5, 5.41) is 7.49. The summed E-state index contributed by atoms with van der Waals surface area (Å²) in [5.41, 5.74) is 3.22. The van der Waals surface area contributed by atoms with Crippen LogP contribution in [0.1, 0.15) is 12.8 Å². The van der Waals surface area contributed by atoms with E-state index in [4.69, 9.17) is 0 Å². The third kappa shape index (κ3) is 5.74. The molecule has 1 aromatic heterocycles. The van der Waals surface area contributed by atoms with Crippen LogP contribution in [0, 0.1) is 0 Å². The van der Waals surface area contributed by atoms with Gasteiger partial charge in [-0.15, -0.1) is 0 Å². The Balaban J connectivity index is 1.34. The van der Waals surface area contributed by atoms with Crippen molar-refractivity contribution in [3.8, 4) is 11.3 Å². The lowest BCUT2D eigenvalue weighted by molar-refractivity contribution is 0.248. The summed E-state index contributed by atoms with van der Waals surface area (Å²) in [5.74, 6) is 0. The van der Waals surface area contributed by atoms with Gasteiger partial charge in [0.2, 0.25) is 0 Å². The second kappa shape index (κ2) is 10.9. The molecule has 6 nitrogen and oxygen atoms in total. The maximum atomic E-state index is 13.0. The molecule has 0 saturated carbocycles. The molecule has 166 valence electrons. The van der Waals surface area contributed by atoms with Gasteiger partial charge in [-0.05, 0) is 43.2 Å². The highest BCUT2D eigenvalue weighted by Crippen LogP contribution is 2.24. The number of carbonyl (C=O) groups excluding carboxylic acids is 1. The molecule has 0 radical (unpaired) electrons. The lowest BCUT2D eigenvalue weighted by Crippen LogP contribution is -2.37. The number of hydrogen-bond donors (Lipinski definition) is 1. The van der Waals surface area contributed by atoms with Crippen molar-refractivity contribution in [2.24, 2.45) is 0 Å². The van der Waals surface area contributed by atoms with Gasteiger partial charge in [-0.1, -0.05) is 66.7 Å². The summed E-state index contributed by atoms with van der Waals surface area (Å²) in [7, 11) is 0. The first-order chi connectivity index (χ1) is 16.2. The number of benzene rings is 3. The molecule has 1 heterocycles. The Hall–Kier alpha value is -4.19. The number of aryl methyl sites for hydroxylation is 1. The van der Waals surface area contributed by atoms with Crippen LogP contribution >= 0.6 is 0 Å². The van der Waals surface area contributed by atoms with Gasteiger partial charge in [-0.25, -0.2) is 9.48 Å². The van der Waals surface area contributed by atoms with Crippen LogP contribution in [0.25, 0.3) is 11.3 Å². The molecule has 0 saturated heterocycles. The lowest BCUT2D eigenvalue weighted by atomic mass is 10.1. The second-order valence-electron chi connectivity index (χ2n) is 7.59. The van der Waals surface area contributed by atoms with Gasteiger partial charge in [0.15, 0.2) is 0 Å². The van der Waals surface area contributed by atoms with Crippen LogP contribution in [-0.2, 0) is 6.54 Å². The normalized spacial score (nSPS) is 10.5. The van der Waals surface area contributed by atoms with Crippen LogP contribution < -0.4 is 15.8 Å². The zero-order chi connectivity index (χ0) is 22.9. The van der Waals surface area contributed by atoms with E-state index in [1.54, 1.807) is 17.0 Å². The molecule has 0 unspecified atom stereocenters. The Morgan fingerprint density at radius 2 is 1.33 bits per heavy atom. The fourth-order valence-corrected chi connectivity index (χ4v) is 3.57. The third-order valence-electron chi connectivity index (χ3n) is 5.24. The zero-order valence-electron chi connectivity index (χ0n) is 18.3. The molecule has 6 heteroatoms. The average Bonchev–Trinajstić information content (AvgIpc) is 2.87. The molecule has 0 aliphatic rings.